The van der Waals surface area contributed by atoms with Gasteiger partial charge in [-0.3, -0.25) is 4.84 Å². The molecule has 0 radical (unpaired) electrons. The molecule has 0 saturated carbocycles. The third-order valence-electron chi connectivity index (χ3n) is 1.87. The predicted molar refractivity (Wildman–Crippen MR) is 37.6 cm³/mol. The molecule has 0 bridgehead atoms. The van der Waals surface area contributed by atoms with Crippen LogP contribution in [0.1, 0.15) is 6.42 Å². The normalized spacial score (nSPS) is 43.0. The second kappa shape index (κ2) is 4.13. The van der Waals surface area contributed by atoms with Crippen molar-refractivity contribution in [1.82, 2.24) is 0 Å². The Balaban J connectivity index is 2.52. The van der Waals surface area contributed by atoms with Gasteiger partial charge in [0.1, 0.15) is 12.2 Å². The molecule has 4 atom stereocenters. The zero-order valence-corrected chi connectivity index (χ0v) is 6.46. The summed E-state index contributed by atoms with van der Waals surface area (Å²) >= 11 is 0. The van der Waals surface area contributed by atoms with Crippen molar-refractivity contribution < 1.29 is 24.9 Å². The lowest BCUT2D eigenvalue weighted by atomic mass is 10.0. The fourth-order valence-corrected chi connectivity index (χ4v) is 1.15. The summed E-state index contributed by atoms with van der Waals surface area (Å²) in [7, 11) is 0. The second-order valence-corrected chi connectivity index (χ2v) is 2.72. The molecule has 1 aliphatic heterocycles. The van der Waals surface area contributed by atoms with Crippen LogP contribution >= 0.6 is 0 Å². The summed E-state index contributed by atoms with van der Waals surface area (Å²) in [5.41, 5.74) is 0. The van der Waals surface area contributed by atoms with Crippen LogP contribution in [0.25, 0.3) is 0 Å². The van der Waals surface area contributed by atoms with Crippen molar-refractivity contribution in [3.05, 3.63) is 0 Å². The van der Waals surface area contributed by atoms with Crippen LogP contribution in [0.5, 0.6) is 0 Å². The van der Waals surface area contributed by atoms with Crippen LogP contribution in [0.3, 0.4) is 0 Å². The van der Waals surface area contributed by atoms with Crippen molar-refractivity contribution in [2.45, 2.75) is 31.0 Å². The van der Waals surface area contributed by atoms with Crippen molar-refractivity contribution in [3.63, 3.8) is 0 Å². The van der Waals surface area contributed by atoms with E-state index in [1.165, 1.54) is 0 Å². The minimum absolute atomic E-state index is 0.105. The Morgan fingerprint density at radius 1 is 1.50 bits per heavy atom. The topological polar surface area (TPSA) is 105 Å². The fourth-order valence-electron chi connectivity index (χ4n) is 1.15. The zero-order chi connectivity index (χ0) is 9.14. The highest BCUT2D eigenvalue weighted by Gasteiger charge is 2.36. The maximum atomic E-state index is 9.22. The Morgan fingerprint density at radius 2 is 2.17 bits per heavy atom. The van der Waals surface area contributed by atoms with Crippen LogP contribution in [0.15, 0.2) is 0 Å². The predicted octanol–water partition coefficient (Wildman–Crippen LogP) is -2.29. The molecule has 12 heavy (non-hydrogen) atoms. The molecule has 1 fully saturated rings. The number of ether oxygens (including phenoxy) is 1. The lowest BCUT2D eigenvalue weighted by Crippen LogP contribution is -2.51. The van der Waals surface area contributed by atoms with Crippen molar-refractivity contribution in [2.75, 3.05) is 6.61 Å². The molecule has 0 aromatic heterocycles. The maximum Gasteiger partial charge on any atom is 0.180 e. The van der Waals surface area contributed by atoms with Gasteiger partial charge in [-0.1, -0.05) is 0 Å². The molecule has 0 aromatic rings. The van der Waals surface area contributed by atoms with E-state index >= 15 is 0 Å². The minimum Gasteiger partial charge on any atom is -0.394 e. The Labute approximate surface area is 69.5 Å². The summed E-state index contributed by atoms with van der Waals surface area (Å²) in [5, 5.41) is 27.1. The zero-order valence-electron chi connectivity index (χ0n) is 6.46. The van der Waals surface area contributed by atoms with Gasteiger partial charge in [-0.25, -0.2) is 5.90 Å². The lowest BCUT2D eigenvalue weighted by molar-refractivity contribution is -0.258. The highest BCUT2D eigenvalue weighted by atomic mass is 16.8. The molecule has 0 aromatic carbocycles. The molecular weight excluding hydrogens is 166 g/mol. The summed E-state index contributed by atoms with van der Waals surface area (Å²) in [6, 6.07) is 0. The first kappa shape index (κ1) is 9.85. The van der Waals surface area contributed by atoms with Crippen LogP contribution in [-0.2, 0) is 9.57 Å². The van der Waals surface area contributed by atoms with E-state index in [1.807, 2.05) is 0 Å². The molecule has 1 rings (SSSR count). The molecule has 0 unspecified atom stereocenters. The molecule has 6 nitrogen and oxygen atoms in total. The smallest absolute Gasteiger partial charge is 0.180 e. The van der Waals surface area contributed by atoms with Crippen LogP contribution in [0.2, 0.25) is 0 Å². The number of rotatable bonds is 2. The molecule has 1 heterocycles. The Kier molecular flexibility index (Phi) is 3.39. The van der Waals surface area contributed by atoms with E-state index < -0.39 is 24.6 Å². The van der Waals surface area contributed by atoms with E-state index in [9.17, 15) is 10.2 Å². The van der Waals surface area contributed by atoms with Crippen molar-refractivity contribution in [3.8, 4) is 0 Å². The second-order valence-electron chi connectivity index (χ2n) is 2.72. The van der Waals surface area contributed by atoms with E-state index in [2.05, 4.69) is 4.84 Å². The highest BCUT2D eigenvalue weighted by Crippen LogP contribution is 2.19. The first-order valence-electron chi connectivity index (χ1n) is 3.67. The quantitative estimate of drug-likeness (QED) is 0.355. The van der Waals surface area contributed by atoms with E-state index in [4.69, 9.17) is 15.7 Å². The van der Waals surface area contributed by atoms with E-state index in [-0.39, 0.29) is 13.0 Å². The summed E-state index contributed by atoms with van der Waals surface area (Å²) in [5.74, 6) is 4.83. The van der Waals surface area contributed by atoms with Gasteiger partial charge in [0.15, 0.2) is 6.29 Å². The van der Waals surface area contributed by atoms with Gasteiger partial charge < -0.3 is 20.1 Å². The summed E-state index contributed by atoms with van der Waals surface area (Å²) in [6.07, 6.45) is -3.54. The standard InChI is InChI=1S/C6H13NO5/c7-12-5-1-3(9)6(10)4(2-8)11-5/h3-6,8-10H,1-2,7H2/t3-,4-,5-,6+/m1/s1. The molecule has 5 N–H and O–H groups in total. The molecule has 1 aliphatic rings. The van der Waals surface area contributed by atoms with Crippen LogP contribution in [-0.4, -0.2) is 46.5 Å². The molecule has 0 amide bonds. The Bertz CT molecular complexity index is 144. The highest BCUT2D eigenvalue weighted by molar-refractivity contribution is 4.81. The van der Waals surface area contributed by atoms with Crippen molar-refractivity contribution in [1.29, 1.82) is 0 Å². The van der Waals surface area contributed by atoms with E-state index in [0.717, 1.165) is 0 Å². The summed E-state index contributed by atoms with van der Waals surface area (Å²) in [4.78, 5) is 4.34. The number of nitrogens with two attached hydrogens (primary N) is 1. The van der Waals surface area contributed by atoms with Gasteiger partial charge in [0.25, 0.3) is 0 Å². The van der Waals surface area contributed by atoms with Crippen LogP contribution < -0.4 is 5.90 Å². The number of aliphatic hydroxyl groups is 3. The third kappa shape index (κ3) is 1.92. The number of aliphatic hydroxyl groups excluding tert-OH is 3. The van der Waals surface area contributed by atoms with Gasteiger partial charge in [-0.05, 0) is 0 Å². The largest absolute Gasteiger partial charge is 0.394 e. The fraction of sp³-hybridized carbons (Fsp3) is 1.00. The SMILES string of the molecule is NO[C@@H]1C[C@@H](O)[C@H](O)[C@@H](CO)O1. The monoisotopic (exact) mass is 179 g/mol. The van der Waals surface area contributed by atoms with E-state index in [0.29, 0.717) is 0 Å². The van der Waals surface area contributed by atoms with Gasteiger partial charge in [0.2, 0.25) is 0 Å². The van der Waals surface area contributed by atoms with Gasteiger partial charge in [-0.15, -0.1) is 0 Å². The average Bonchev–Trinajstić information content (AvgIpc) is 2.09. The van der Waals surface area contributed by atoms with Gasteiger partial charge >= 0.3 is 0 Å². The van der Waals surface area contributed by atoms with Crippen molar-refractivity contribution in [2.24, 2.45) is 5.90 Å². The van der Waals surface area contributed by atoms with Crippen LogP contribution in [0.4, 0.5) is 0 Å². The van der Waals surface area contributed by atoms with Gasteiger partial charge in [0, 0.05) is 6.42 Å². The molecular formula is C6H13NO5. The molecule has 1 saturated heterocycles. The maximum absolute atomic E-state index is 9.22. The average molecular weight is 179 g/mol. The summed E-state index contributed by atoms with van der Waals surface area (Å²) in [6.45, 7) is -0.377. The van der Waals surface area contributed by atoms with Crippen molar-refractivity contribution >= 4 is 0 Å². The van der Waals surface area contributed by atoms with Gasteiger partial charge in [0.05, 0.1) is 12.7 Å². The molecule has 72 valence electrons. The Morgan fingerprint density at radius 3 is 2.67 bits per heavy atom. The lowest BCUT2D eigenvalue weighted by Gasteiger charge is -2.34. The number of hydrogen-bond donors (Lipinski definition) is 4. The van der Waals surface area contributed by atoms with Crippen LogP contribution in [0, 0.1) is 0 Å². The third-order valence-corrected chi connectivity index (χ3v) is 1.87. The molecule has 0 spiro atoms. The Hall–Kier alpha value is -0.240. The van der Waals surface area contributed by atoms with Gasteiger partial charge in [-0.2, -0.15) is 0 Å². The summed E-state index contributed by atoms with van der Waals surface area (Å²) < 4.78 is 4.96. The first-order chi connectivity index (χ1) is 5.69. The number of hydrogen-bond acceptors (Lipinski definition) is 6. The van der Waals surface area contributed by atoms with E-state index in [1.54, 1.807) is 0 Å². The minimum atomic E-state index is -1.08. The first-order valence-corrected chi connectivity index (χ1v) is 3.67. The molecule has 0 aliphatic carbocycles. The molecule has 6 heteroatoms.